The van der Waals surface area contributed by atoms with E-state index in [-0.39, 0.29) is 11.7 Å². The van der Waals surface area contributed by atoms with E-state index in [0.717, 1.165) is 50.0 Å². The van der Waals surface area contributed by atoms with Crippen molar-refractivity contribution in [3.8, 4) is 11.5 Å². The number of aliphatic hydroxyl groups is 1. The lowest BCUT2D eigenvalue weighted by molar-refractivity contribution is 0.0573. The Morgan fingerprint density at radius 3 is 2.41 bits per heavy atom. The van der Waals surface area contributed by atoms with Crippen LogP contribution in [0.2, 0.25) is 0 Å². The minimum Gasteiger partial charge on any atom is -0.493 e. The minimum atomic E-state index is -0.561. The topological polar surface area (TPSA) is 41.9 Å². The van der Waals surface area contributed by atoms with Crippen molar-refractivity contribution in [1.82, 2.24) is 4.90 Å². The minimum absolute atomic E-state index is 0.193. The molecule has 0 amide bonds. The van der Waals surface area contributed by atoms with Gasteiger partial charge in [-0.1, -0.05) is 24.3 Å². The highest BCUT2D eigenvalue weighted by Crippen LogP contribution is 2.39. The van der Waals surface area contributed by atoms with Crippen LogP contribution in [0.15, 0.2) is 42.5 Å². The second kappa shape index (κ2) is 9.20. The molecule has 27 heavy (non-hydrogen) atoms. The van der Waals surface area contributed by atoms with Crippen LogP contribution in [-0.4, -0.2) is 43.9 Å². The number of nitrogens with zero attached hydrogens (tertiary/aromatic N) is 1. The molecule has 1 atom stereocenters. The Morgan fingerprint density at radius 1 is 1.07 bits per heavy atom. The third-order valence-electron chi connectivity index (χ3n) is 5.46. The first-order chi connectivity index (χ1) is 13.1. The molecule has 0 bridgehead atoms. The molecule has 0 unspecified atom stereocenters. The summed E-state index contributed by atoms with van der Waals surface area (Å²) in [6, 6.07) is 12.4. The molecule has 0 saturated carbocycles. The van der Waals surface area contributed by atoms with Gasteiger partial charge in [0.25, 0.3) is 0 Å². The van der Waals surface area contributed by atoms with E-state index in [4.69, 9.17) is 9.47 Å². The molecule has 1 saturated heterocycles. The number of methoxy groups -OCH3 is 2. The van der Waals surface area contributed by atoms with E-state index in [9.17, 15) is 9.50 Å². The average Bonchev–Trinajstić information content (AvgIpc) is 2.72. The van der Waals surface area contributed by atoms with Gasteiger partial charge in [0.1, 0.15) is 5.82 Å². The van der Waals surface area contributed by atoms with E-state index in [2.05, 4.69) is 4.90 Å². The van der Waals surface area contributed by atoms with Gasteiger partial charge in [0.05, 0.1) is 20.3 Å². The lowest BCUT2D eigenvalue weighted by atomic mass is 9.87. The van der Waals surface area contributed by atoms with E-state index in [0.29, 0.717) is 11.5 Å². The standard InChI is InChI=1S/C22H28FNO3/c1-26-20-5-3-4-19(22(20)27-2)21(25)17-11-14-24(15-12-17)13-10-16-6-8-18(23)9-7-16/h3-9,17,21,25H,10-15H2,1-2H3/t21-/m1/s1/i1-1. The van der Waals surface area contributed by atoms with Crippen molar-refractivity contribution in [3.05, 3.63) is 59.4 Å². The fourth-order valence-electron chi connectivity index (χ4n) is 3.83. The highest BCUT2D eigenvalue weighted by Gasteiger charge is 2.28. The first kappa shape index (κ1) is 19.6. The molecule has 0 aliphatic carbocycles. The Labute approximate surface area is 160 Å². The lowest BCUT2D eigenvalue weighted by Crippen LogP contribution is -2.36. The van der Waals surface area contributed by atoms with Gasteiger partial charge in [0.15, 0.2) is 11.5 Å². The number of ether oxygens (including phenoxy) is 2. The molecule has 0 radical (unpaired) electrons. The molecule has 2 aromatic carbocycles. The van der Waals surface area contributed by atoms with Crippen LogP contribution in [0.25, 0.3) is 0 Å². The van der Waals surface area contributed by atoms with Crippen LogP contribution in [0.5, 0.6) is 11.5 Å². The number of likely N-dealkylation sites (tertiary alicyclic amines) is 1. The first-order valence-corrected chi connectivity index (χ1v) is 9.48. The van der Waals surface area contributed by atoms with Crippen LogP contribution in [0, 0.1) is 11.7 Å². The lowest BCUT2D eigenvalue weighted by Gasteiger charge is -2.34. The molecule has 2 aromatic rings. The zero-order valence-electron chi connectivity index (χ0n) is 16.0. The zero-order chi connectivity index (χ0) is 19.2. The Bertz CT molecular complexity index is 727. The molecule has 0 aromatic heterocycles. The van der Waals surface area contributed by atoms with E-state index >= 15 is 0 Å². The Hall–Kier alpha value is -2.11. The van der Waals surface area contributed by atoms with Gasteiger partial charge in [-0.25, -0.2) is 4.39 Å². The largest absolute Gasteiger partial charge is 0.493 e. The highest BCUT2D eigenvalue weighted by molar-refractivity contribution is 5.47. The molecule has 3 rings (SSSR count). The fraction of sp³-hybridized carbons (Fsp3) is 0.455. The van der Waals surface area contributed by atoms with Crippen molar-refractivity contribution in [3.63, 3.8) is 0 Å². The third-order valence-corrected chi connectivity index (χ3v) is 5.46. The number of halogens is 1. The second-order valence-electron chi connectivity index (χ2n) is 7.08. The maximum atomic E-state index is 13.0. The summed E-state index contributed by atoms with van der Waals surface area (Å²) < 4.78 is 23.8. The predicted molar refractivity (Wildman–Crippen MR) is 104 cm³/mol. The molecular formula is C22H28FNO3. The predicted octanol–water partition coefficient (Wildman–Crippen LogP) is 3.83. The van der Waals surface area contributed by atoms with Gasteiger partial charge in [0, 0.05) is 12.1 Å². The Balaban J connectivity index is 1.55. The number of hydrogen-bond donors (Lipinski definition) is 1. The van der Waals surface area contributed by atoms with E-state index in [1.807, 2.05) is 30.3 Å². The maximum absolute atomic E-state index is 13.0. The number of piperidine rings is 1. The molecule has 4 nitrogen and oxygen atoms in total. The highest BCUT2D eigenvalue weighted by atomic mass is 19.1. The fourth-order valence-corrected chi connectivity index (χ4v) is 3.83. The van der Waals surface area contributed by atoms with E-state index in [1.165, 1.54) is 12.1 Å². The second-order valence-corrected chi connectivity index (χ2v) is 7.08. The van der Waals surface area contributed by atoms with Gasteiger partial charge in [-0.3, -0.25) is 0 Å². The van der Waals surface area contributed by atoms with Crippen LogP contribution < -0.4 is 9.47 Å². The van der Waals surface area contributed by atoms with Gasteiger partial charge in [-0.15, -0.1) is 0 Å². The monoisotopic (exact) mass is 372 g/mol. The van der Waals surface area contributed by atoms with Gasteiger partial charge in [-0.05, 0) is 62.0 Å². The number of hydrogen-bond acceptors (Lipinski definition) is 4. The number of rotatable bonds is 7. The van der Waals surface area contributed by atoms with Crippen LogP contribution in [0.4, 0.5) is 4.39 Å². The summed E-state index contributed by atoms with van der Waals surface area (Å²) in [5.74, 6) is 1.27. The van der Waals surface area contributed by atoms with Crippen LogP contribution >= 0.6 is 0 Å². The molecule has 146 valence electrons. The number of para-hydroxylation sites is 1. The summed E-state index contributed by atoms with van der Waals surface area (Å²) in [4.78, 5) is 2.41. The summed E-state index contributed by atoms with van der Waals surface area (Å²) >= 11 is 0. The van der Waals surface area contributed by atoms with Crippen molar-refractivity contribution >= 4 is 0 Å². The first-order valence-electron chi connectivity index (χ1n) is 9.48. The van der Waals surface area contributed by atoms with E-state index < -0.39 is 6.10 Å². The number of benzene rings is 2. The molecular weight excluding hydrogens is 344 g/mol. The van der Waals surface area contributed by atoms with Gasteiger partial charge < -0.3 is 19.5 Å². The quantitative estimate of drug-likeness (QED) is 0.802. The van der Waals surface area contributed by atoms with Crippen LogP contribution in [0.3, 0.4) is 0 Å². The van der Waals surface area contributed by atoms with Crippen molar-refractivity contribution in [2.75, 3.05) is 33.9 Å². The van der Waals surface area contributed by atoms with Crippen molar-refractivity contribution in [1.29, 1.82) is 0 Å². The SMILES string of the molecule is COc1c(O[11CH3])cccc1[C@H](O)C1CCN(CCc2ccc(F)cc2)CC1. The summed E-state index contributed by atoms with van der Waals surface area (Å²) in [7, 11) is 3.21. The van der Waals surface area contributed by atoms with Crippen molar-refractivity contribution in [2.45, 2.75) is 25.4 Å². The summed E-state index contributed by atoms with van der Waals surface area (Å²) in [6.07, 6.45) is 2.22. The molecule has 5 heteroatoms. The van der Waals surface area contributed by atoms with Gasteiger partial charge in [-0.2, -0.15) is 0 Å². The van der Waals surface area contributed by atoms with Crippen LogP contribution in [0.1, 0.15) is 30.1 Å². The summed E-state index contributed by atoms with van der Waals surface area (Å²) in [6.45, 7) is 2.86. The Morgan fingerprint density at radius 2 is 1.78 bits per heavy atom. The van der Waals surface area contributed by atoms with Gasteiger partial charge in [0.2, 0.25) is 0 Å². The van der Waals surface area contributed by atoms with Gasteiger partial charge >= 0.3 is 0 Å². The number of aliphatic hydroxyl groups excluding tert-OH is 1. The summed E-state index contributed by atoms with van der Waals surface area (Å²) in [5.41, 5.74) is 1.95. The molecule has 1 heterocycles. The molecule has 1 fully saturated rings. The smallest absolute Gasteiger partial charge is 0.166 e. The molecule has 0 spiro atoms. The van der Waals surface area contributed by atoms with Crippen molar-refractivity contribution in [2.24, 2.45) is 5.92 Å². The summed E-state index contributed by atoms with van der Waals surface area (Å²) in [5, 5.41) is 10.9. The van der Waals surface area contributed by atoms with Crippen LogP contribution in [-0.2, 0) is 6.42 Å². The zero-order valence-corrected chi connectivity index (χ0v) is 16.0. The normalized spacial score (nSPS) is 16.9. The molecule has 1 aliphatic heterocycles. The Kier molecular flexibility index (Phi) is 6.69. The third kappa shape index (κ3) is 4.79. The maximum Gasteiger partial charge on any atom is 0.166 e. The average molecular weight is 372 g/mol. The molecule has 1 N–H and O–H groups in total. The molecule has 1 aliphatic rings. The van der Waals surface area contributed by atoms with E-state index in [1.54, 1.807) is 14.2 Å². The van der Waals surface area contributed by atoms with Crippen molar-refractivity contribution < 1.29 is 19.0 Å².